The van der Waals surface area contributed by atoms with E-state index >= 15 is 0 Å². The summed E-state index contributed by atoms with van der Waals surface area (Å²) < 4.78 is 13.0. The minimum absolute atomic E-state index is 0.0853. The Kier molecular flexibility index (Phi) is 5.06. The summed E-state index contributed by atoms with van der Waals surface area (Å²) >= 11 is 0. The van der Waals surface area contributed by atoms with Crippen molar-refractivity contribution in [2.75, 3.05) is 36.4 Å². The van der Waals surface area contributed by atoms with E-state index in [9.17, 15) is 19.1 Å². The largest absolute Gasteiger partial charge is 0.506 e. The molecule has 0 aromatic heterocycles. The lowest BCUT2D eigenvalue weighted by molar-refractivity contribution is -0.143. The highest BCUT2D eigenvalue weighted by atomic mass is 19.1. The van der Waals surface area contributed by atoms with Gasteiger partial charge in [-0.2, -0.15) is 0 Å². The Morgan fingerprint density at radius 1 is 1.04 bits per heavy atom. The van der Waals surface area contributed by atoms with Gasteiger partial charge in [0.05, 0.1) is 5.69 Å². The molecule has 3 rings (SSSR count). The number of aryl methyl sites for hydroxylation is 1. The zero-order valence-electron chi connectivity index (χ0n) is 14.4. The molecule has 2 aromatic carbocycles. The van der Waals surface area contributed by atoms with Gasteiger partial charge in [-0.1, -0.05) is 6.07 Å². The summed E-state index contributed by atoms with van der Waals surface area (Å²) in [5, 5.41) is 12.2. The van der Waals surface area contributed by atoms with Crippen LogP contribution in [0.2, 0.25) is 0 Å². The third-order valence-electron chi connectivity index (χ3n) is 4.35. The molecule has 6 nitrogen and oxygen atoms in total. The topological polar surface area (TPSA) is 72.9 Å². The van der Waals surface area contributed by atoms with E-state index in [1.54, 1.807) is 24.3 Å². The Hall–Kier alpha value is -3.09. The average molecular weight is 357 g/mol. The number of carbonyl (C=O) groups excluding carboxylic acids is 2. The normalized spacial score (nSPS) is 14.2. The van der Waals surface area contributed by atoms with Crippen LogP contribution in [-0.2, 0) is 9.59 Å². The van der Waals surface area contributed by atoms with Gasteiger partial charge in [-0.05, 0) is 48.9 Å². The van der Waals surface area contributed by atoms with Gasteiger partial charge in [0, 0.05) is 31.9 Å². The number of hydrogen-bond donors (Lipinski definition) is 2. The predicted octanol–water partition coefficient (Wildman–Crippen LogP) is 2.13. The molecule has 1 aliphatic heterocycles. The van der Waals surface area contributed by atoms with Crippen molar-refractivity contribution in [3.63, 3.8) is 0 Å². The van der Waals surface area contributed by atoms with Gasteiger partial charge in [0.25, 0.3) is 0 Å². The minimum Gasteiger partial charge on any atom is -0.506 e. The molecular weight excluding hydrogens is 337 g/mol. The second-order valence-electron chi connectivity index (χ2n) is 6.23. The van der Waals surface area contributed by atoms with E-state index in [1.807, 2.05) is 11.8 Å². The number of carbonyl (C=O) groups is 2. The summed E-state index contributed by atoms with van der Waals surface area (Å²) in [5.74, 6) is -1.79. The molecule has 0 spiro atoms. The SMILES string of the molecule is Cc1ccc(O)c(NC(=O)C(=O)N2CCN(c3ccc(F)cc3)CC2)c1. The van der Waals surface area contributed by atoms with Gasteiger partial charge in [-0.15, -0.1) is 0 Å². The van der Waals surface area contributed by atoms with Crippen LogP contribution in [0.3, 0.4) is 0 Å². The molecule has 1 fully saturated rings. The van der Waals surface area contributed by atoms with Crippen molar-refractivity contribution < 1.29 is 19.1 Å². The van der Waals surface area contributed by atoms with Crippen LogP contribution in [0.5, 0.6) is 5.75 Å². The van der Waals surface area contributed by atoms with Gasteiger partial charge in [0.1, 0.15) is 11.6 Å². The van der Waals surface area contributed by atoms with Crippen LogP contribution in [0.25, 0.3) is 0 Å². The molecular formula is C19H20FN3O3. The number of amides is 2. The Bertz CT molecular complexity index is 815. The van der Waals surface area contributed by atoms with E-state index in [2.05, 4.69) is 5.32 Å². The summed E-state index contributed by atoms with van der Waals surface area (Å²) in [6, 6.07) is 11.0. The fourth-order valence-electron chi connectivity index (χ4n) is 2.89. The number of piperazine rings is 1. The second kappa shape index (κ2) is 7.43. The minimum atomic E-state index is -0.777. The smallest absolute Gasteiger partial charge is 0.314 e. The molecule has 1 heterocycles. The zero-order chi connectivity index (χ0) is 18.7. The molecule has 1 aliphatic rings. The van der Waals surface area contributed by atoms with E-state index in [4.69, 9.17) is 0 Å². The van der Waals surface area contributed by atoms with Crippen molar-refractivity contribution in [3.8, 4) is 5.75 Å². The first kappa shape index (κ1) is 17.7. The molecule has 0 atom stereocenters. The van der Waals surface area contributed by atoms with Gasteiger partial charge < -0.3 is 20.2 Å². The average Bonchev–Trinajstić information content (AvgIpc) is 2.65. The summed E-state index contributed by atoms with van der Waals surface area (Å²) in [5.41, 5.74) is 1.96. The molecule has 0 radical (unpaired) electrons. The fourth-order valence-corrected chi connectivity index (χ4v) is 2.89. The van der Waals surface area contributed by atoms with Crippen LogP contribution in [0.1, 0.15) is 5.56 Å². The number of rotatable bonds is 2. The van der Waals surface area contributed by atoms with Crippen LogP contribution >= 0.6 is 0 Å². The van der Waals surface area contributed by atoms with Gasteiger partial charge in [-0.25, -0.2) is 4.39 Å². The molecule has 0 bridgehead atoms. The molecule has 2 N–H and O–H groups in total. The molecule has 26 heavy (non-hydrogen) atoms. The zero-order valence-corrected chi connectivity index (χ0v) is 14.4. The standard InChI is InChI=1S/C19H20FN3O3/c1-13-2-7-17(24)16(12-13)21-18(25)19(26)23-10-8-22(9-11-23)15-5-3-14(20)4-6-15/h2-7,12,24H,8-11H2,1H3,(H,21,25). The van der Waals surface area contributed by atoms with Crippen molar-refractivity contribution in [1.29, 1.82) is 0 Å². The molecule has 2 aromatic rings. The van der Waals surface area contributed by atoms with E-state index in [0.29, 0.717) is 26.2 Å². The second-order valence-corrected chi connectivity index (χ2v) is 6.23. The highest BCUT2D eigenvalue weighted by molar-refractivity contribution is 6.39. The number of nitrogens with zero attached hydrogens (tertiary/aromatic N) is 2. The summed E-state index contributed by atoms with van der Waals surface area (Å²) in [7, 11) is 0. The van der Waals surface area contributed by atoms with Crippen LogP contribution in [0.4, 0.5) is 15.8 Å². The molecule has 2 amide bonds. The Morgan fingerprint density at radius 2 is 1.69 bits per heavy atom. The van der Waals surface area contributed by atoms with E-state index in [0.717, 1.165) is 11.3 Å². The first-order valence-electron chi connectivity index (χ1n) is 8.34. The van der Waals surface area contributed by atoms with Crippen molar-refractivity contribution in [3.05, 3.63) is 53.8 Å². The number of nitrogens with one attached hydrogen (secondary N) is 1. The number of anilines is 2. The summed E-state index contributed by atoms with van der Waals surface area (Å²) in [4.78, 5) is 28.1. The quantitative estimate of drug-likeness (QED) is 0.638. The first-order valence-corrected chi connectivity index (χ1v) is 8.34. The summed E-state index contributed by atoms with van der Waals surface area (Å²) in [6.45, 7) is 3.72. The number of phenolic OH excluding ortho intramolecular Hbond substituents is 1. The predicted molar refractivity (Wildman–Crippen MR) is 96.7 cm³/mol. The van der Waals surface area contributed by atoms with Crippen LogP contribution in [0, 0.1) is 12.7 Å². The monoisotopic (exact) mass is 357 g/mol. The van der Waals surface area contributed by atoms with Gasteiger partial charge >= 0.3 is 11.8 Å². The first-order chi connectivity index (χ1) is 12.4. The number of hydrogen-bond acceptors (Lipinski definition) is 4. The van der Waals surface area contributed by atoms with Gasteiger partial charge in [0.15, 0.2) is 0 Å². The van der Waals surface area contributed by atoms with Crippen LogP contribution < -0.4 is 10.2 Å². The fraction of sp³-hybridized carbons (Fsp3) is 0.263. The van der Waals surface area contributed by atoms with Gasteiger partial charge in [0.2, 0.25) is 0 Å². The lowest BCUT2D eigenvalue weighted by atomic mass is 10.2. The molecule has 1 saturated heterocycles. The molecule has 7 heteroatoms. The van der Waals surface area contributed by atoms with Crippen molar-refractivity contribution >= 4 is 23.2 Å². The van der Waals surface area contributed by atoms with Gasteiger partial charge in [-0.3, -0.25) is 9.59 Å². The lowest BCUT2D eigenvalue weighted by Crippen LogP contribution is -2.51. The summed E-state index contributed by atoms with van der Waals surface area (Å²) in [6.07, 6.45) is 0. The van der Waals surface area contributed by atoms with E-state index < -0.39 is 11.8 Å². The third-order valence-corrected chi connectivity index (χ3v) is 4.35. The lowest BCUT2D eigenvalue weighted by Gasteiger charge is -2.35. The maximum atomic E-state index is 13.0. The highest BCUT2D eigenvalue weighted by Gasteiger charge is 2.26. The molecule has 0 unspecified atom stereocenters. The maximum Gasteiger partial charge on any atom is 0.314 e. The number of aromatic hydroxyl groups is 1. The Morgan fingerprint density at radius 3 is 2.35 bits per heavy atom. The number of phenols is 1. The van der Waals surface area contributed by atoms with Crippen molar-refractivity contribution in [2.24, 2.45) is 0 Å². The Labute approximate surface area is 150 Å². The van der Waals surface area contributed by atoms with Crippen molar-refractivity contribution in [1.82, 2.24) is 4.90 Å². The van der Waals surface area contributed by atoms with Crippen LogP contribution in [-0.4, -0.2) is 48.0 Å². The Balaban J connectivity index is 1.58. The van der Waals surface area contributed by atoms with E-state index in [1.165, 1.54) is 23.1 Å². The highest BCUT2D eigenvalue weighted by Crippen LogP contribution is 2.24. The molecule has 0 saturated carbocycles. The molecule has 136 valence electrons. The van der Waals surface area contributed by atoms with Crippen molar-refractivity contribution in [2.45, 2.75) is 6.92 Å². The van der Waals surface area contributed by atoms with E-state index in [-0.39, 0.29) is 17.3 Å². The van der Waals surface area contributed by atoms with Crippen LogP contribution in [0.15, 0.2) is 42.5 Å². The third kappa shape index (κ3) is 3.93. The molecule has 0 aliphatic carbocycles. The maximum absolute atomic E-state index is 13.0. The number of benzene rings is 2. The number of halogens is 1.